The summed E-state index contributed by atoms with van der Waals surface area (Å²) in [7, 11) is 1.69. The average Bonchev–Trinajstić information content (AvgIpc) is 2.18. The lowest BCUT2D eigenvalue weighted by Crippen LogP contribution is -2.00. The first-order chi connectivity index (χ1) is 6.77. The smallest absolute Gasteiger partial charge is 0.121 e. The van der Waals surface area contributed by atoms with Crippen molar-refractivity contribution in [2.75, 3.05) is 19.0 Å². The lowest BCUT2D eigenvalue weighted by molar-refractivity contribution is 0.412. The summed E-state index contributed by atoms with van der Waals surface area (Å²) in [6, 6.07) is 6.09. The fraction of sp³-hybridized carbons (Fsp3) is 0.333. The molecule has 1 aromatic rings. The first-order valence-electron chi connectivity index (χ1n) is 4.77. The molecule has 0 aliphatic heterocycles. The summed E-state index contributed by atoms with van der Waals surface area (Å²) in [5, 5.41) is 3.31. The van der Waals surface area contributed by atoms with Crippen LogP contribution in [0.2, 0.25) is 0 Å². The fourth-order valence-corrected chi connectivity index (χ4v) is 1.31. The van der Waals surface area contributed by atoms with Gasteiger partial charge in [-0.2, -0.15) is 0 Å². The predicted molar refractivity (Wildman–Crippen MR) is 61.0 cm³/mol. The molecule has 0 saturated carbocycles. The molecule has 0 fully saturated rings. The Hall–Kier alpha value is -1.44. The molecule has 2 heteroatoms. The van der Waals surface area contributed by atoms with Gasteiger partial charge in [-0.3, -0.25) is 0 Å². The topological polar surface area (TPSA) is 21.3 Å². The minimum absolute atomic E-state index is 0.926. The van der Waals surface area contributed by atoms with E-state index in [0.29, 0.717) is 0 Å². The average molecular weight is 191 g/mol. The van der Waals surface area contributed by atoms with Crippen LogP contribution in [0.25, 0.3) is 0 Å². The number of hydrogen-bond donors (Lipinski definition) is 1. The van der Waals surface area contributed by atoms with E-state index in [9.17, 15) is 0 Å². The maximum absolute atomic E-state index is 5.18. The summed E-state index contributed by atoms with van der Waals surface area (Å²) in [4.78, 5) is 0. The summed E-state index contributed by atoms with van der Waals surface area (Å²) < 4.78 is 5.18. The van der Waals surface area contributed by atoms with Gasteiger partial charge in [0.1, 0.15) is 5.75 Å². The number of hydrogen-bond acceptors (Lipinski definition) is 2. The second-order valence-corrected chi connectivity index (χ2v) is 3.19. The Labute approximate surface area is 85.6 Å². The van der Waals surface area contributed by atoms with E-state index in [-0.39, 0.29) is 0 Å². The lowest BCUT2D eigenvalue weighted by Gasteiger charge is -2.08. The number of anilines is 1. The van der Waals surface area contributed by atoms with Gasteiger partial charge >= 0.3 is 0 Å². The molecule has 2 nitrogen and oxygen atoms in total. The van der Waals surface area contributed by atoms with E-state index in [1.54, 1.807) is 7.11 Å². The van der Waals surface area contributed by atoms with Crippen LogP contribution in [0.5, 0.6) is 5.75 Å². The molecule has 0 aliphatic rings. The molecule has 76 valence electrons. The van der Waals surface area contributed by atoms with Crippen LogP contribution in [-0.2, 0) is 0 Å². The highest BCUT2D eigenvalue weighted by molar-refractivity contribution is 5.50. The third kappa shape index (κ3) is 2.80. The summed E-state index contributed by atoms with van der Waals surface area (Å²) in [5.74, 6) is 0.930. The molecule has 1 rings (SSSR count). The van der Waals surface area contributed by atoms with Gasteiger partial charge in [0.2, 0.25) is 0 Å². The molecule has 0 heterocycles. The second-order valence-electron chi connectivity index (χ2n) is 3.19. The highest BCUT2D eigenvalue weighted by Gasteiger charge is 1.98. The number of nitrogens with one attached hydrogen (secondary N) is 1. The van der Waals surface area contributed by atoms with Crippen molar-refractivity contribution in [3.8, 4) is 5.75 Å². The normalized spacial score (nSPS) is 9.57. The zero-order valence-corrected chi connectivity index (χ0v) is 8.84. The number of rotatable bonds is 5. The Bertz CT molecular complexity index is 307. The van der Waals surface area contributed by atoms with Crippen molar-refractivity contribution >= 4 is 5.69 Å². The highest BCUT2D eigenvalue weighted by atomic mass is 16.5. The zero-order valence-electron chi connectivity index (χ0n) is 8.84. The molecule has 14 heavy (non-hydrogen) atoms. The maximum Gasteiger partial charge on any atom is 0.121 e. The summed E-state index contributed by atoms with van der Waals surface area (Å²) >= 11 is 0. The second kappa shape index (κ2) is 5.32. The maximum atomic E-state index is 5.18. The molecular formula is C12H17NO. The molecule has 0 amide bonds. The molecule has 0 radical (unpaired) electrons. The van der Waals surface area contributed by atoms with Crippen molar-refractivity contribution in [2.45, 2.75) is 13.3 Å². The van der Waals surface area contributed by atoms with Crippen LogP contribution in [0.15, 0.2) is 30.9 Å². The molecule has 0 bridgehead atoms. The standard InChI is InChI=1S/C12H17NO/c1-4-5-8-13-11-6-7-12(14-3)10(2)9-11/h4,6-7,9,13H,1,5,8H2,2-3H3. The Morgan fingerprint density at radius 1 is 1.50 bits per heavy atom. The zero-order chi connectivity index (χ0) is 10.4. The van der Waals surface area contributed by atoms with E-state index >= 15 is 0 Å². The number of methoxy groups -OCH3 is 1. The van der Waals surface area contributed by atoms with Crippen LogP contribution in [0.4, 0.5) is 5.69 Å². The van der Waals surface area contributed by atoms with Crippen LogP contribution in [-0.4, -0.2) is 13.7 Å². The van der Waals surface area contributed by atoms with Gasteiger partial charge in [-0.15, -0.1) is 6.58 Å². The first-order valence-corrected chi connectivity index (χ1v) is 4.77. The van der Waals surface area contributed by atoms with Crippen molar-refractivity contribution in [2.24, 2.45) is 0 Å². The van der Waals surface area contributed by atoms with Crippen LogP contribution < -0.4 is 10.1 Å². The van der Waals surface area contributed by atoms with E-state index in [1.807, 2.05) is 25.1 Å². The number of aryl methyl sites for hydroxylation is 1. The molecule has 1 aromatic carbocycles. The van der Waals surface area contributed by atoms with E-state index in [0.717, 1.165) is 30.0 Å². The molecule has 0 unspecified atom stereocenters. The minimum Gasteiger partial charge on any atom is -0.496 e. The first kappa shape index (κ1) is 10.6. The van der Waals surface area contributed by atoms with Gasteiger partial charge < -0.3 is 10.1 Å². The largest absolute Gasteiger partial charge is 0.496 e. The predicted octanol–water partition coefficient (Wildman–Crippen LogP) is 2.99. The fourth-order valence-electron chi connectivity index (χ4n) is 1.31. The Kier molecular flexibility index (Phi) is 4.05. The van der Waals surface area contributed by atoms with Gasteiger partial charge in [0, 0.05) is 12.2 Å². The van der Waals surface area contributed by atoms with Crippen LogP contribution >= 0.6 is 0 Å². The molecule has 1 N–H and O–H groups in total. The quantitative estimate of drug-likeness (QED) is 0.570. The summed E-state index contributed by atoms with van der Waals surface area (Å²) in [6.45, 7) is 6.64. The summed E-state index contributed by atoms with van der Waals surface area (Å²) in [5.41, 5.74) is 2.28. The molecule has 0 atom stereocenters. The van der Waals surface area contributed by atoms with Gasteiger partial charge in [-0.1, -0.05) is 6.08 Å². The Balaban J connectivity index is 2.61. The van der Waals surface area contributed by atoms with Crippen molar-refractivity contribution in [3.05, 3.63) is 36.4 Å². The van der Waals surface area contributed by atoms with Crippen molar-refractivity contribution in [1.82, 2.24) is 0 Å². The molecule has 0 spiro atoms. The Morgan fingerprint density at radius 3 is 2.86 bits per heavy atom. The SMILES string of the molecule is C=CCCNc1ccc(OC)c(C)c1. The van der Waals surface area contributed by atoms with E-state index in [1.165, 1.54) is 0 Å². The van der Waals surface area contributed by atoms with E-state index in [2.05, 4.69) is 18.0 Å². The summed E-state index contributed by atoms with van der Waals surface area (Å²) in [6.07, 6.45) is 2.88. The van der Waals surface area contributed by atoms with Gasteiger partial charge in [0.15, 0.2) is 0 Å². The van der Waals surface area contributed by atoms with Gasteiger partial charge in [-0.05, 0) is 37.1 Å². The van der Waals surface area contributed by atoms with Gasteiger partial charge in [-0.25, -0.2) is 0 Å². The molecule has 0 aromatic heterocycles. The van der Waals surface area contributed by atoms with E-state index in [4.69, 9.17) is 4.74 Å². The molecule has 0 aliphatic carbocycles. The number of benzene rings is 1. The van der Waals surface area contributed by atoms with Crippen molar-refractivity contribution < 1.29 is 4.74 Å². The molecule has 0 saturated heterocycles. The van der Waals surface area contributed by atoms with Crippen LogP contribution in [0, 0.1) is 6.92 Å². The third-order valence-corrected chi connectivity index (χ3v) is 2.07. The monoisotopic (exact) mass is 191 g/mol. The molecular weight excluding hydrogens is 174 g/mol. The highest BCUT2D eigenvalue weighted by Crippen LogP contribution is 2.21. The lowest BCUT2D eigenvalue weighted by atomic mass is 10.2. The van der Waals surface area contributed by atoms with Crippen molar-refractivity contribution in [3.63, 3.8) is 0 Å². The van der Waals surface area contributed by atoms with Gasteiger partial charge in [0.05, 0.1) is 7.11 Å². The minimum atomic E-state index is 0.926. The third-order valence-electron chi connectivity index (χ3n) is 2.07. The number of ether oxygens (including phenoxy) is 1. The van der Waals surface area contributed by atoms with E-state index < -0.39 is 0 Å². The van der Waals surface area contributed by atoms with Crippen molar-refractivity contribution in [1.29, 1.82) is 0 Å². The Morgan fingerprint density at radius 2 is 2.29 bits per heavy atom. The van der Waals surface area contributed by atoms with Crippen LogP contribution in [0.3, 0.4) is 0 Å². The van der Waals surface area contributed by atoms with Crippen LogP contribution in [0.1, 0.15) is 12.0 Å². The van der Waals surface area contributed by atoms with Gasteiger partial charge in [0.25, 0.3) is 0 Å².